The highest BCUT2D eigenvalue weighted by atomic mass is 19.1. The number of amides is 1. The maximum absolute atomic E-state index is 13.9. The van der Waals surface area contributed by atoms with Crippen LogP contribution in [0.2, 0.25) is 0 Å². The normalized spacial score (nSPS) is 17.2. The van der Waals surface area contributed by atoms with E-state index in [2.05, 4.69) is 34.2 Å². The first-order chi connectivity index (χ1) is 15.0. The molecule has 1 N–H and O–H groups in total. The second-order valence-corrected chi connectivity index (χ2v) is 8.22. The molecule has 0 saturated carbocycles. The predicted molar refractivity (Wildman–Crippen MR) is 121 cm³/mol. The van der Waals surface area contributed by atoms with Gasteiger partial charge in [0.1, 0.15) is 0 Å². The number of methoxy groups -OCH3 is 1. The Morgan fingerprint density at radius 3 is 2.45 bits per heavy atom. The molecule has 0 bridgehead atoms. The average Bonchev–Trinajstić information content (AvgIpc) is 2.79. The number of carbonyl (C=O) groups is 1. The molecule has 31 heavy (non-hydrogen) atoms. The third-order valence-corrected chi connectivity index (χ3v) is 6.05. The minimum absolute atomic E-state index is 0.0485. The number of piperazine rings is 1. The molecule has 2 aromatic carbocycles. The molecule has 1 saturated heterocycles. The number of nitrogens with one attached hydrogen (secondary N) is 1. The Labute approximate surface area is 185 Å². The van der Waals surface area contributed by atoms with Gasteiger partial charge in [-0.05, 0) is 36.6 Å². The number of benzene rings is 2. The molecule has 0 unspecified atom stereocenters. The van der Waals surface area contributed by atoms with Crippen molar-refractivity contribution in [2.45, 2.75) is 45.3 Å². The van der Waals surface area contributed by atoms with Crippen molar-refractivity contribution >= 4 is 5.91 Å². The first-order valence-electron chi connectivity index (χ1n) is 11.2. The highest BCUT2D eigenvalue weighted by Crippen LogP contribution is 2.21. The van der Waals surface area contributed by atoms with Crippen LogP contribution in [0.5, 0.6) is 5.75 Å². The minimum atomic E-state index is -0.330. The average molecular weight is 428 g/mol. The summed E-state index contributed by atoms with van der Waals surface area (Å²) in [6.07, 6.45) is 1.94. The van der Waals surface area contributed by atoms with Gasteiger partial charge in [-0.25, -0.2) is 4.39 Å². The highest BCUT2D eigenvalue weighted by molar-refractivity contribution is 5.81. The Balaban J connectivity index is 1.51. The van der Waals surface area contributed by atoms with E-state index in [0.29, 0.717) is 6.54 Å². The third kappa shape index (κ3) is 6.28. The highest BCUT2D eigenvalue weighted by Gasteiger charge is 2.27. The monoisotopic (exact) mass is 427 g/mol. The molecule has 168 valence electrons. The Morgan fingerprint density at radius 1 is 1.13 bits per heavy atom. The van der Waals surface area contributed by atoms with Crippen LogP contribution in [0, 0.1) is 5.82 Å². The van der Waals surface area contributed by atoms with Crippen molar-refractivity contribution in [2.24, 2.45) is 0 Å². The lowest BCUT2D eigenvalue weighted by Crippen LogP contribution is -2.53. The van der Waals surface area contributed by atoms with Gasteiger partial charge in [-0.2, -0.15) is 0 Å². The maximum atomic E-state index is 13.9. The van der Waals surface area contributed by atoms with Crippen LogP contribution in [0.1, 0.15) is 43.9 Å². The minimum Gasteiger partial charge on any atom is -0.494 e. The van der Waals surface area contributed by atoms with Crippen molar-refractivity contribution < 1.29 is 13.9 Å². The largest absolute Gasteiger partial charge is 0.494 e. The van der Waals surface area contributed by atoms with Gasteiger partial charge < -0.3 is 10.1 Å². The van der Waals surface area contributed by atoms with Gasteiger partial charge in [-0.1, -0.05) is 49.7 Å². The van der Waals surface area contributed by atoms with Crippen molar-refractivity contribution in [1.82, 2.24) is 15.1 Å². The Bertz CT molecular complexity index is 838. The van der Waals surface area contributed by atoms with E-state index in [0.717, 1.165) is 50.1 Å². The number of hydrogen-bond acceptors (Lipinski definition) is 4. The van der Waals surface area contributed by atoms with Gasteiger partial charge in [0.15, 0.2) is 11.6 Å². The smallest absolute Gasteiger partial charge is 0.237 e. The SMILES string of the molecule is CCC[C@H](NC(=O)[C@@H](C)N1CCN(Cc2ccc(OC)c(F)c2)CC1)c1ccccc1. The van der Waals surface area contributed by atoms with Crippen LogP contribution in [0.3, 0.4) is 0 Å². The van der Waals surface area contributed by atoms with E-state index < -0.39 is 0 Å². The maximum Gasteiger partial charge on any atom is 0.237 e. The van der Waals surface area contributed by atoms with Gasteiger partial charge in [0, 0.05) is 32.7 Å². The van der Waals surface area contributed by atoms with Crippen molar-refractivity contribution in [3.8, 4) is 5.75 Å². The lowest BCUT2D eigenvalue weighted by atomic mass is 10.0. The van der Waals surface area contributed by atoms with E-state index in [4.69, 9.17) is 4.74 Å². The zero-order chi connectivity index (χ0) is 22.2. The molecule has 1 fully saturated rings. The number of carbonyl (C=O) groups excluding carboxylic acids is 1. The molecule has 2 aromatic rings. The quantitative estimate of drug-likeness (QED) is 0.657. The summed E-state index contributed by atoms with van der Waals surface area (Å²) < 4.78 is 18.9. The summed E-state index contributed by atoms with van der Waals surface area (Å²) in [5.41, 5.74) is 2.09. The summed E-state index contributed by atoms with van der Waals surface area (Å²) in [6, 6.07) is 15.2. The van der Waals surface area contributed by atoms with Crippen molar-refractivity contribution in [3.63, 3.8) is 0 Å². The number of rotatable bonds is 9. The molecule has 0 aromatic heterocycles. The van der Waals surface area contributed by atoms with Crippen molar-refractivity contribution in [1.29, 1.82) is 0 Å². The van der Waals surface area contributed by atoms with E-state index in [1.807, 2.05) is 31.2 Å². The summed E-state index contributed by atoms with van der Waals surface area (Å²) >= 11 is 0. The van der Waals surface area contributed by atoms with Crippen LogP contribution in [0.25, 0.3) is 0 Å². The van der Waals surface area contributed by atoms with Gasteiger partial charge in [0.2, 0.25) is 5.91 Å². The topological polar surface area (TPSA) is 44.8 Å². The molecular formula is C25H34FN3O2. The molecule has 3 rings (SSSR count). The van der Waals surface area contributed by atoms with Gasteiger partial charge in [-0.3, -0.25) is 14.6 Å². The zero-order valence-corrected chi connectivity index (χ0v) is 18.8. The molecule has 1 aliphatic rings. The summed E-state index contributed by atoms with van der Waals surface area (Å²) in [4.78, 5) is 17.5. The van der Waals surface area contributed by atoms with Crippen LogP contribution in [0.15, 0.2) is 48.5 Å². The summed E-state index contributed by atoms with van der Waals surface area (Å²) in [7, 11) is 1.47. The molecule has 0 radical (unpaired) electrons. The fraction of sp³-hybridized carbons (Fsp3) is 0.480. The summed E-state index contributed by atoms with van der Waals surface area (Å²) in [6.45, 7) is 8.15. The van der Waals surface area contributed by atoms with E-state index in [-0.39, 0.29) is 29.6 Å². The van der Waals surface area contributed by atoms with Crippen LogP contribution in [0.4, 0.5) is 4.39 Å². The fourth-order valence-electron chi connectivity index (χ4n) is 4.13. The predicted octanol–water partition coefficient (Wildman–Crippen LogP) is 4.00. The van der Waals surface area contributed by atoms with Crippen molar-refractivity contribution in [2.75, 3.05) is 33.3 Å². The second-order valence-electron chi connectivity index (χ2n) is 8.22. The summed E-state index contributed by atoms with van der Waals surface area (Å²) in [5, 5.41) is 3.25. The van der Waals surface area contributed by atoms with Crippen LogP contribution < -0.4 is 10.1 Å². The molecule has 5 nitrogen and oxygen atoms in total. The molecule has 1 aliphatic heterocycles. The Kier molecular flexibility index (Phi) is 8.43. The zero-order valence-electron chi connectivity index (χ0n) is 18.8. The molecule has 2 atom stereocenters. The number of halogens is 1. The van der Waals surface area contributed by atoms with Crippen LogP contribution >= 0.6 is 0 Å². The molecule has 1 heterocycles. The Morgan fingerprint density at radius 2 is 1.84 bits per heavy atom. The fourth-order valence-corrected chi connectivity index (χ4v) is 4.13. The van der Waals surface area contributed by atoms with E-state index in [1.54, 1.807) is 12.1 Å². The second kappa shape index (κ2) is 11.3. The number of hydrogen-bond donors (Lipinski definition) is 1. The standard InChI is InChI=1S/C25H34FN3O2/c1-4-8-23(21-9-6-5-7-10-21)27-25(30)19(2)29-15-13-28(14-16-29)18-20-11-12-24(31-3)22(26)17-20/h5-7,9-12,17,19,23H,4,8,13-16,18H2,1-3H3,(H,27,30)/t19-,23+/m1/s1. The van der Waals surface area contributed by atoms with E-state index >= 15 is 0 Å². The van der Waals surface area contributed by atoms with Gasteiger partial charge >= 0.3 is 0 Å². The molecular weight excluding hydrogens is 393 g/mol. The van der Waals surface area contributed by atoms with Gasteiger partial charge in [-0.15, -0.1) is 0 Å². The molecule has 1 amide bonds. The van der Waals surface area contributed by atoms with E-state index in [9.17, 15) is 9.18 Å². The lowest BCUT2D eigenvalue weighted by molar-refractivity contribution is -0.127. The number of ether oxygens (including phenoxy) is 1. The van der Waals surface area contributed by atoms with E-state index in [1.165, 1.54) is 7.11 Å². The molecule has 0 aliphatic carbocycles. The lowest BCUT2D eigenvalue weighted by Gasteiger charge is -2.38. The Hall–Kier alpha value is -2.44. The molecule has 6 heteroatoms. The van der Waals surface area contributed by atoms with Crippen LogP contribution in [-0.2, 0) is 11.3 Å². The number of nitrogens with zero attached hydrogens (tertiary/aromatic N) is 2. The van der Waals surface area contributed by atoms with Crippen molar-refractivity contribution in [3.05, 3.63) is 65.5 Å². The first-order valence-corrected chi connectivity index (χ1v) is 11.2. The van der Waals surface area contributed by atoms with Gasteiger partial charge in [0.25, 0.3) is 0 Å². The van der Waals surface area contributed by atoms with Crippen LogP contribution in [-0.4, -0.2) is 55.0 Å². The van der Waals surface area contributed by atoms with Gasteiger partial charge in [0.05, 0.1) is 19.2 Å². The summed E-state index contributed by atoms with van der Waals surface area (Å²) in [5.74, 6) is 0.0160. The third-order valence-electron chi connectivity index (χ3n) is 6.05. The first kappa shape index (κ1) is 23.2. The molecule has 0 spiro atoms.